The lowest BCUT2D eigenvalue weighted by atomic mass is 9.82. The minimum atomic E-state index is -1.07. The predicted molar refractivity (Wildman–Crippen MR) is 100 cm³/mol. The average Bonchev–Trinajstić information content (AvgIpc) is 2.67. The second-order valence-electron chi connectivity index (χ2n) is 6.75. The van der Waals surface area contributed by atoms with E-state index in [1.165, 1.54) is 12.1 Å². The van der Waals surface area contributed by atoms with Crippen LogP contribution in [0.5, 0.6) is 0 Å². The molecule has 0 fully saturated rings. The van der Waals surface area contributed by atoms with Crippen LogP contribution in [0.4, 0.5) is 4.39 Å². The van der Waals surface area contributed by atoms with Crippen LogP contribution in [0.1, 0.15) is 36.5 Å². The molecule has 5 nitrogen and oxygen atoms in total. The van der Waals surface area contributed by atoms with Crippen LogP contribution >= 0.6 is 0 Å². The van der Waals surface area contributed by atoms with Crippen LogP contribution in [0, 0.1) is 17.1 Å². The number of rotatable bonds is 6. The molecule has 2 aromatic carbocycles. The Bertz CT molecular complexity index is 873. The Labute approximate surface area is 158 Å². The van der Waals surface area contributed by atoms with Crippen molar-refractivity contribution in [1.29, 1.82) is 5.26 Å². The summed E-state index contributed by atoms with van der Waals surface area (Å²) in [4.78, 5) is 25.0. The van der Waals surface area contributed by atoms with Gasteiger partial charge in [0.1, 0.15) is 5.82 Å². The van der Waals surface area contributed by atoms with E-state index < -0.39 is 17.2 Å². The molecule has 0 spiro atoms. The number of hydrogen-bond acceptors (Lipinski definition) is 3. The molecule has 2 aromatic rings. The summed E-state index contributed by atoms with van der Waals surface area (Å²) >= 11 is 0. The Morgan fingerprint density at radius 2 is 1.85 bits per heavy atom. The zero-order chi connectivity index (χ0) is 20.0. The minimum absolute atomic E-state index is 0.104. The molecule has 27 heavy (non-hydrogen) atoms. The third-order valence-corrected chi connectivity index (χ3v) is 4.55. The standard InChI is InChI=1S/C21H22FN3O2/c1-21(2,16-9-14(12-23)10-17(22)11-16)20(27)25-13-18(19(26)24-3)15-7-5-4-6-8-15/h4-11,18H,13H2,1-3H3,(H,24,26)(H,25,27)/t18-/m1/s1. The monoisotopic (exact) mass is 367 g/mol. The smallest absolute Gasteiger partial charge is 0.230 e. The number of hydrogen-bond donors (Lipinski definition) is 2. The number of nitrogens with zero attached hydrogens (tertiary/aromatic N) is 1. The van der Waals surface area contributed by atoms with Crippen LogP contribution < -0.4 is 10.6 Å². The van der Waals surface area contributed by atoms with E-state index in [2.05, 4.69) is 10.6 Å². The van der Waals surface area contributed by atoms with Gasteiger partial charge in [-0.1, -0.05) is 30.3 Å². The van der Waals surface area contributed by atoms with Crippen molar-refractivity contribution in [3.8, 4) is 6.07 Å². The molecule has 2 rings (SSSR count). The number of carbonyl (C=O) groups excluding carboxylic acids is 2. The highest BCUT2D eigenvalue weighted by Gasteiger charge is 2.32. The molecular weight excluding hydrogens is 345 g/mol. The lowest BCUT2D eigenvalue weighted by Gasteiger charge is -2.26. The van der Waals surface area contributed by atoms with Gasteiger partial charge in [0.25, 0.3) is 0 Å². The average molecular weight is 367 g/mol. The Balaban J connectivity index is 2.20. The maximum atomic E-state index is 13.8. The predicted octanol–water partition coefficient (Wildman–Crippen LogP) is 2.62. The van der Waals surface area contributed by atoms with E-state index in [9.17, 15) is 14.0 Å². The van der Waals surface area contributed by atoms with Crippen LogP contribution in [0.25, 0.3) is 0 Å². The van der Waals surface area contributed by atoms with Gasteiger partial charge in [-0.15, -0.1) is 0 Å². The van der Waals surface area contributed by atoms with E-state index in [4.69, 9.17) is 5.26 Å². The Hall–Kier alpha value is -3.20. The fourth-order valence-corrected chi connectivity index (χ4v) is 2.78. The fourth-order valence-electron chi connectivity index (χ4n) is 2.78. The molecular formula is C21H22FN3O2. The lowest BCUT2D eigenvalue weighted by Crippen LogP contribution is -2.44. The molecule has 0 saturated heterocycles. The highest BCUT2D eigenvalue weighted by Crippen LogP contribution is 2.26. The zero-order valence-electron chi connectivity index (χ0n) is 15.5. The van der Waals surface area contributed by atoms with Gasteiger partial charge in [-0.05, 0) is 43.2 Å². The first kappa shape index (κ1) is 20.1. The highest BCUT2D eigenvalue weighted by atomic mass is 19.1. The molecule has 2 N–H and O–H groups in total. The third kappa shape index (κ3) is 4.70. The number of amides is 2. The Morgan fingerprint density at radius 3 is 2.44 bits per heavy atom. The summed E-state index contributed by atoms with van der Waals surface area (Å²) in [6.45, 7) is 3.40. The van der Waals surface area contributed by atoms with Crippen LogP contribution in [0.15, 0.2) is 48.5 Å². The van der Waals surface area contributed by atoms with Crippen molar-refractivity contribution in [2.45, 2.75) is 25.2 Å². The summed E-state index contributed by atoms with van der Waals surface area (Å²) < 4.78 is 13.8. The molecule has 0 aliphatic carbocycles. The van der Waals surface area contributed by atoms with Gasteiger partial charge in [0.15, 0.2) is 0 Å². The van der Waals surface area contributed by atoms with E-state index in [0.717, 1.165) is 11.6 Å². The molecule has 0 heterocycles. The van der Waals surface area contributed by atoms with Crippen molar-refractivity contribution in [3.63, 3.8) is 0 Å². The summed E-state index contributed by atoms with van der Waals surface area (Å²) in [5, 5.41) is 14.4. The topological polar surface area (TPSA) is 82.0 Å². The lowest BCUT2D eigenvalue weighted by molar-refractivity contribution is -0.126. The van der Waals surface area contributed by atoms with Crippen molar-refractivity contribution in [2.75, 3.05) is 13.6 Å². The number of benzene rings is 2. The molecule has 0 aromatic heterocycles. The van der Waals surface area contributed by atoms with Gasteiger partial charge in [-0.3, -0.25) is 9.59 Å². The van der Waals surface area contributed by atoms with E-state index in [1.807, 2.05) is 36.4 Å². The van der Waals surface area contributed by atoms with Crippen molar-refractivity contribution < 1.29 is 14.0 Å². The number of halogens is 1. The Morgan fingerprint density at radius 1 is 1.19 bits per heavy atom. The highest BCUT2D eigenvalue weighted by molar-refractivity contribution is 5.89. The van der Waals surface area contributed by atoms with Gasteiger partial charge < -0.3 is 10.6 Å². The van der Waals surface area contributed by atoms with Crippen molar-refractivity contribution in [2.24, 2.45) is 0 Å². The van der Waals surface area contributed by atoms with Crippen molar-refractivity contribution in [1.82, 2.24) is 10.6 Å². The molecule has 0 radical (unpaired) electrons. The molecule has 140 valence electrons. The van der Waals surface area contributed by atoms with E-state index in [1.54, 1.807) is 20.9 Å². The number of nitrogens with one attached hydrogen (secondary N) is 2. The number of likely N-dealkylation sites (N-methyl/N-ethyl adjacent to an activating group) is 1. The normalized spacial score (nSPS) is 12.0. The SMILES string of the molecule is CNC(=O)[C@H](CNC(=O)C(C)(C)c1cc(F)cc(C#N)c1)c1ccccc1. The molecule has 0 unspecified atom stereocenters. The minimum Gasteiger partial charge on any atom is -0.359 e. The molecule has 0 aliphatic heterocycles. The fraction of sp³-hybridized carbons (Fsp3) is 0.286. The molecule has 6 heteroatoms. The number of carbonyl (C=O) groups is 2. The summed E-state index contributed by atoms with van der Waals surface area (Å²) in [7, 11) is 1.54. The first-order valence-corrected chi connectivity index (χ1v) is 8.55. The maximum absolute atomic E-state index is 13.8. The van der Waals surface area contributed by atoms with Gasteiger partial charge in [-0.2, -0.15) is 5.26 Å². The Kier molecular flexibility index (Phi) is 6.30. The largest absolute Gasteiger partial charge is 0.359 e. The first-order chi connectivity index (χ1) is 12.8. The third-order valence-electron chi connectivity index (χ3n) is 4.55. The molecule has 0 aliphatic rings. The summed E-state index contributed by atoms with van der Waals surface area (Å²) in [6.07, 6.45) is 0. The second kappa shape index (κ2) is 8.45. The molecule has 0 saturated carbocycles. The summed E-state index contributed by atoms with van der Waals surface area (Å²) in [6, 6.07) is 14.9. The van der Waals surface area contributed by atoms with Gasteiger partial charge in [0, 0.05) is 13.6 Å². The van der Waals surface area contributed by atoms with Gasteiger partial charge in [0.05, 0.1) is 23.0 Å². The number of nitriles is 1. The van der Waals surface area contributed by atoms with Gasteiger partial charge in [0.2, 0.25) is 11.8 Å². The quantitative estimate of drug-likeness (QED) is 0.823. The molecule has 1 atom stereocenters. The van der Waals surface area contributed by atoms with Gasteiger partial charge >= 0.3 is 0 Å². The van der Waals surface area contributed by atoms with Crippen LogP contribution in [0.2, 0.25) is 0 Å². The van der Waals surface area contributed by atoms with Crippen molar-refractivity contribution in [3.05, 3.63) is 71.0 Å². The first-order valence-electron chi connectivity index (χ1n) is 8.55. The summed E-state index contributed by atoms with van der Waals surface area (Å²) in [5.74, 6) is -1.69. The van der Waals surface area contributed by atoms with E-state index in [0.29, 0.717) is 5.56 Å². The van der Waals surface area contributed by atoms with Crippen LogP contribution in [-0.4, -0.2) is 25.4 Å². The van der Waals surface area contributed by atoms with Crippen molar-refractivity contribution >= 4 is 11.8 Å². The van der Waals surface area contributed by atoms with Crippen LogP contribution in [-0.2, 0) is 15.0 Å². The zero-order valence-corrected chi connectivity index (χ0v) is 15.5. The van der Waals surface area contributed by atoms with E-state index in [-0.39, 0.29) is 23.9 Å². The summed E-state index contributed by atoms with van der Waals surface area (Å²) in [5.41, 5.74) is 0.260. The van der Waals surface area contributed by atoms with Gasteiger partial charge in [-0.25, -0.2) is 4.39 Å². The maximum Gasteiger partial charge on any atom is 0.230 e. The molecule has 2 amide bonds. The van der Waals surface area contributed by atoms with Crippen LogP contribution in [0.3, 0.4) is 0 Å². The molecule has 0 bridgehead atoms. The van der Waals surface area contributed by atoms with E-state index >= 15 is 0 Å². The second-order valence-corrected chi connectivity index (χ2v) is 6.75.